The van der Waals surface area contributed by atoms with Crippen molar-refractivity contribution in [3.8, 4) is 0 Å². The maximum absolute atomic E-state index is 13.2. The van der Waals surface area contributed by atoms with Crippen molar-refractivity contribution in [1.82, 2.24) is 10.6 Å². The number of halogens is 2. The van der Waals surface area contributed by atoms with Crippen LogP contribution in [0.15, 0.2) is 22.7 Å². The highest BCUT2D eigenvalue weighted by molar-refractivity contribution is 9.10. The van der Waals surface area contributed by atoms with Crippen LogP contribution in [0.25, 0.3) is 0 Å². The topological polar surface area (TPSA) is 41.1 Å². The van der Waals surface area contributed by atoms with Gasteiger partial charge in [0.15, 0.2) is 0 Å². The van der Waals surface area contributed by atoms with Crippen molar-refractivity contribution in [2.75, 3.05) is 6.54 Å². The first kappa shape index (κ1) is 14.5. The highest BCUT2D eigenvalue weighted by Crippen LogP contribution is 2.22. The molecule has 0 bridgehead atoms. The molecule has 1 aliphatic heterocycles. The van der Waals surface area contributed by atoms with Crippen LogP contribution in [-0.2, 0) is 4.79 Å². The number of hydrogen-bond acceptors (Lipinski definition) is 2. The molecule has 1 heterocycles. The fraction of sp³-hybridized carbons (Fsp3) is 0.500. The number of benzene rings is 1. The van der Waals surface area contributed by atoms with E-state index in [0.29, 0.717) is 4.47 Å². The Kier molecular flexibility index (Phi) is 4.93. The molecule has 2 atom stereocenters. The summed E-state index contributed by atoms with van der Waals surface area (Å²) < 4.78 is 13.7. The second-order valence-electron chi connectivity index (χ2n) is 4.90. The van der Waals surface area contributed by atoms with Gasteiger partial charge in [-0.15, -0.1) is 0 Å². The lowest BCUT2D eigenvalue weighted by atomic mass is 10.1. The predicted molar refractivity (Wildman–Crippen MR) is 76.3 cm³/mol. The number of hydrogen-bond donors (Lipinski definition) is 2. The van der Waals surface area contributed by atoms with Crippen molar-refractivity contribution in [3.05, 3.63) is 34.1 Å². The average molecular weight is 329 g/mol. The summed E-state index contributed by atoms with van der Waals surface area (Å²) in [7, 11) is 0. The SMILES string of the molecule is CC(NC1CCCCNC1=O)c1ccc(F)c(Br)c1. The molecule has 3 nitrogen and oxygen atoms in total. The van der Waals surface area contributed by atoms with E-state index in [4.69, 9.17) is 0 Å². The summed E-state index contributed by atoms with van der Waals surface area (Å²) in [5.41, 5.74) is 0.963. The molecule has 1 aliphatic rings. The molecule has 1 aromatic carbocycles. The van der Waals surface area contributed by atoms with Crippen LogP contribution in [-0.4, -0.2) is 18.5 Å². The van der Waals surface area contributed by atoms with Crippen molar-refractivity contribution in [2.45, 2.75) is 38.3 Å². The molecule has 2 N–H and O–H groups in total. The van der Waals surface area contributed by atoms with Gasteiger partial charge in [-0.2, -0.15) is 0 Å². The molecule has 0 radical (unpaired) electrons. The van der Waals surface area contributed by atoms with E-state index >= 15 is 0 Å². The third kappa shape index (κ3) is 3.76. The minimum Gasteiger partial charge on any atom is -0.355 e. The first-order valence-electron chi connectivity index (χ1n) is 6.56. The summed E-state index contributed by atoms with van der Waals surface area (Å²) in [5, 5.41) is 6.22. The van der Waals surface area contributed by atoms with Crippen LogP contribution in [0.1, 0.15) is 37.8 Å². The molecular formula is C14H18BrFN2O. The lowest BCUT2D eigenvalue weighted by molar-refractivity contribution is -0.123. The molecule has 19 heavy (non-hydrogen) atoms. The second-order valence-corrected chi connectivity index (χ2v) is 5.76. The molecule has 1 saturated heterocycles. The Morgan fingerprint density at radius 3 is 3.00 bits per heavy atom. The summed E-state index contributed by atoms with van der Waals surface area (Å²) >= 11 is 3.18. The van der Waals surface area contributed by atoms with Gasteiger partial charge in [-0.1, -0.05) is 6.07 Å². The Labute approximate surface area is 121 Å². The number of carbonyl (C=O) groups excluding carboxylic acids is 1. The normalized spacial score (nSPS) is 21.6. The van der Waals surface area contributed by atoms with Crippen molar-refractivity contribution >= 4 is 21.8 Å². The van der Waals surface area contributed by atoms with E-state index in [1.54, 1.807) is 12.1 Å². The van der Waals surface area contributed by atoms with Crippen LogP contribution >= 0.6 is 15.9 Å². The maximum Gasteiger partial charge on any atom is 0.237 e. The van der Waals surface area contributed by atoms with Gasteiger partial charge < -0.3 is 5.32 Å². The molecule has 0 aliphatic carbocycles. The molecule has 1 amide bonds. The summed E-state index contributed by atoms with van der Waals surface area (Å²) in [4.78, 5) is 11.9. The molecule has 2 unspecified atom stereocenters. The van der Waals surface area contributed by atoms with Crippen LogP contribution in [0.5, 0.6) is 0 Å². The summed E-state index contributed by atoms with van der Waals surface area (Å²) in [6.07, 6.45) is 2.91. The molecule has 0 saturated carbocycles. The lowest BCUT2D eigenvalue weighted by Gasteiger charge is -2.21. The quantitative estimate of drug-likeness (QED) is 0.895. The first-order chi connectivity index (χ1) is 9.08. The molecule has 0 aromatic heterocycles. The van der Waals surface area contributed by atoms with Gasteiger partial charge >= 0.3 is 0 Å². The lowest BCUT2D eigenvalue weighted by Crippen LogP contribution is -2.43. The highest BCUT2D eigenvalue weighted by Gasteiger charge is 2.22. The minimum absolute atomic E-state index is 0.00532. The first-order valence-corrected chi connectivity index (χ1v) is 7.36. The largest absolute Gasteiger partial charge is 0.355 e. The molecule has 0 spiro atoms. The van der Waals surface area contributed by atoms with Gasteiger partial charge in [0.2, 0.25) is 5.91 Å². The number of amides is 1. The van der Waals surface area contributed by atoms with E-state index in [9.17, 15) is 9.18 Å². The third-order valence-corrected chi connectivity index (χ3v) is 4.04. The molecule has 1 aromatic rings. The Hall–Kier alpha value is -0.940. The highest BCUT2D eigenvalue weighted by atomic mass is 79.9. The van der Waals surface area contributed by atoms with Gasteiger partial charge in [-0.3, -0.25) is 10.1 Å². The van der Waals surface area contributed by atoms with Crippen LogP contribution in [0.3, 0.4) is 0 Å². The number of nitrogens with one attached hydrogen (secondary N) is 2. The fourth-order valence-electron chi connectivity index (χ4n) is 2.28. The van der Waals surface area contributed by atoms with Gasteiger partial charge in [0, 0.05) is 12.6 Å². The number of rotatable bonds is 3. The van der Waals surface area contributed by atoms with E-state index < -0.39 is 0 Å². The van der Waals surface area contributed by atoms with Crippen molar-refractivity contribution in [1.29, 1.82) is 0 Å². The van der Waals surface area contributed by atoms with Gasteiger partial charge in [0.05, 0.1) is 10.5 Å². The molecule has 2 rings (SSSR count). The van der Waals surface area contributed by atoms with Crippen LogP contribution in [0.2, 0.25) is 0 Å². The summed E-state index contributed by atoms with van der Waals surface area (Å²) in [5.74, 6) is -0.214. The fourth-order valence-corrected chi connectivity index (χ4v) is 2.67. The number of carbonyl (C=O) groups is 1. The summed E-state index contributed by atoms with van der Waals surface area (Å²) in [6, 6.07) is 4.77. The monoisotopic (exact) mass is 328 g/mol. The third-order valence-electron chi connectivity index (χ3n) is 3.43. The molecule has 104 valence electrons. The Bertz CT molecular complexity index is 467. The summed E-state index contributed by atoms with van der Waals surface area (Å²) in [6.45, 7) is 2.74. The zero-order valence-corrected chi connectivity index (χ0v) is 12.5. The maximum atomic E-state index is 13.2. The van der Waals surface area contributed by atoms with Gasteiger partial charge in [-0.25, -0.2) is 4.39 Å². The van der Waals surface area contributed by atoms with Crippen molar-refractivity contribution in [3.63, 3.8) is 0 Å². The van der Waals surface area contributed by atoms with Gasteiger partial charge in [0.25, 0.3) is 0 Å². The average Bonchev–Trinajstić information content (AvgIpc) is 2.58. The van der Waals surface area contributed by atoms with Crippen LogP contribution < -0.4 is 10.6 Å². The second kappa shape index (κ2) is 6.48. The van der Waals surface area contributed by atoms with E-state index in [2.05, 4.69) is 26.6 Å². The predicted octanol–water partition coefficient (Wildman–Crippen LogP) is 2.91. The van der Waals surface area contributed by atoms with E-state index in [0.717, 1.165) is 31.4 Å². The van der Waals surface area contributed by atoms with Gasteiger partial charge in [0.1, 0.15) is 5.82 Å². The van der Waals surface area contributed by atoms with E-state index in [1.165, 1.54) is 6.07 Å². The Morgan fingerprint density at radius 1 is 1.47 bits per heavy atom. The van der Waals surface area contributed by atoms with Gasteiger partial charge in [-0.05, 0) is 59.8 Å². The molecular weight excluding hydrogens is 311 g/mol. The minimum atomic E-state index is -0.275. The van der Waals surface area contributed by atoms with Crippen molar-refractivity contribution < 1.29 is 9.18 Å². The zero-order valence-electron chi connectivity index (χ0n) is 10.9. The van der Waals surface area contributed by atoms with Crippen LogP contribution in [0.4, 0.5) is 4.39 Å². The van der Waals surface area contributed by atoms with Crippen LogP contribution in [0, 0.1) is 5.82 Å². The smallest absolute Gasteiger partial charge is 0.237 e. The molecule has 1 fully saturated rings. The zero-order chi connectivity index (χ0) is 13.8. The van der Waals surface area contributed by atoms with E-state index in [-0.39, 0.29) is 23.8 Å². The Morgan fingerprint density at radius 2 is 2.26 bits per heavy atom. The van der Waals surface area contributed by atoms with E-state index in [1.807, 2.05) is 6.92 Å². The van der Waals surface area contributed by atoms with Crippen molar-refractivity contribution in [2.24, 2.45) is 0 Å². The Balaban J connectivity index is 2.04. The standard InChI is InChI=1S/C14H18BrFN2O/c1-9(10-5-6-12(16)11(15)8-10)18-13-4-2-3-7-17-14(13)19/h5-6,8-9,13,18H,2-4,7H2,1H3,(H,17,19). The molecule has 5 heteroatoms.